The summed E-state index contributed by atoms with van der Waals surface area (Å²) in [5.74, 6) is 0.639. The Hall–Kier alpha value is -0.480. The van der Waals surface area contributed by atoms with Crippen LogP contribution in [0.1, 0.15) is 38.3 Å². The van der Waals surface area contributed by atoms with E-state index in [2.05, 4.69) is 15.7 Å². The standard InChI is InChI=1S/C10H16N2OS/c1-8-3-2-4-10(13,5-8)6-9-7-11-14-12-9/h7-8,13H,2-6H2,1H3. The van der Waals surface area contributed by atoms with E-state index in [1.807, 2.05) is 0 Å². The van der Waals surface area contributed by atoms with Gasteiger partial charge in [0.2, 0.25) is 0 Å². The van der Waals surface area contributed by atoms with E-state index < -0.39 is 5.60 Å². The first-order valence-corrected chi connectivity index (χ1v) is 5.90. The normalized spacial score (nSPS) is 33.1. The molecular weight excluding hydrogens is 196 g/mol. The van der Waals surface area contributed by atoms with E-state index in [-0.39, 0.29) is 0 Å². The summed E-state index contributed by atoms with van der Waals surface area (Å²) in [6, 6.07) is 0. The Bertz CT molecular complexity index is 288. The van der Waals surface area contributed by atoms with Gasteiger partial charge in [-0.3, -0.25) is 0 Å². The Morgan fingerprint density at radius 2 is 2.57 bits per heavy atom. The molecule has 0 aliphatic heterocycles. The first kappa shape index (κ1) is 10.1. The van der Waals surface area contributed by atoms with Crippen LogP contribution in [0.4, 0.5) is 0 Å². The Labute approximate surface area is 88.5 Å². The van der Waals surface area contributed by atoms with Gasteiger partial charge < -0.3 is 5.11 Å². The van der Waals surface area contributed by atoms with Gasteiger partial charge in [0.05, 0.1) is 29.2 Å². The smallest absolute Gasteiger partial charge is 0.0771 e. The van der Waals surface area contributed by atoms with Gasteiger partial charge in [0, 0.05) is 6.42 Å². The van der Waals surface area contributed by atoms with Crippen LogP contribution in [0.15, 0.2) is 6.20 Å². The van der Waals surface area contributed by atoms with Crippen LogP contribution < -0.4 is 0 Å². The first-order chi connectivity index (χ1) is 6.68. The van der Waals surface area contributed by atoms with Crippen molar-refractivity contribution in [1.82, 2.24) is 8.75 Å². The van der Waals surface area contributed by atoms with E-state index in [0.29, 0.717) is 12.3 Å². The summed E-state index contributed by atoms with van der Waals surface area (Å²) >= 11 is 1.22. The number of hydrogen-bond acceptors (Lipinski definition) is 4. The minimum atomic E-state index is -0.520. The summed E-state index contributed by atoms with van der Waals surface area (Å²) < 4.78 is 8.11. The van der Waals surface area contributed by atoms with Gasteiger partial charge >= 0.3 is 0 Å². The fraction of sp³-hybridized carbons (Fsp3) is 0.800. The predicted octanol–water partition coefficient (Wildman–Crippen LogP) is 2.02. The van der Waals surface area contributed by atoms with Gasteiger partial charge in [-0.05, 0) is 18.8 Å². The minimum Gasteiger partial charge on any atom is -0.389 e. The summed E-state index contributed by atoms with van der Waals surface area (Å²) in [4.78, 5) is 0. The summed E-state index contributed by atoms with van der Waals surface area (Å²) in [6.45, 7) is 2.21. The zero-order valence-electron chi connectivity index (χ0n) is 8.44. The van der Waals surface area contributed by atoms with Crippen molar-refractivity contribution >= 4 is 11.7 Å². The molecule has 2 atom stereocenters. The molecule has 0 spiro atoms. The van der Waals surface area contributed by atoms with Crippen LogP contribution in [0.25, 0.3) is 0 Å². The molecule has 1 aliphatic carbocycles. The van der Waals surface area contributed by atoms with Crippen LogP contribution in [-0.4, -0.2) is 19.5 Å². The molecule has 1 fully saturated rings. The monoisotopic (exact) mass is 212 g/mol. The SMILES string of the molecule is CC1CCCC(O)(Cc2cnsn2)C1. The number of rotatable bonds is 2. The number of nitrogens with zero attached hydrogens (tertiary/aromatic N) is 2. The average molecular weight is 212 g/mol. The lowest BCUT2D eigenvalue weighted by Gasteiger charge is -2.34. The highest BCUT2D eigenvalue weighted by atomic mass is 32.1. The molecule has 0 radical (unpaired) electrons. The van der Waals surface area contributed by atoms with Gasteiger partial charge in [0.15, 0.2) is 0 Å². The van der Waals surface area contributed by atoms with Crippen LogP contribution in [0.5, 0.6) is 0 Å². The molecule has 3 nitrogen and oxygen atoms in total. The van der Waals surface area contributed by atoms with E-state index in [4.69, 9.17) is 0 Å². The first-order valence-electron chi connectivity index (χ1n) is 5.17. The second kappa shape index (κ2) is 3.95. The molecule has 1 aromatic rings. The van der Waals surface area contributed by atoms with E-state index in [1.54, 1.807) is 6.20 Å². The zero-order chi connectivity index (χ0) is 10.0. The molecule has 0 saturated heterocycles. The fourth-order valence-corrected chi connectivity index (χ4v) is 2.82. The maximum atomic E-state index is 10.4. The van der Waals surface area contributed by atoms with Gasteiger partial charge in [0.1, 0.15) is 0 Å². The molecule has 2 rings (SSSR count). The van der Waals surface area contributed by atoms with Gasteiger partial charge in [-0.1, -0.05) is 19.8 Å². The highest BCUT2D eigenvalue weighted by Gasteiger charge is 2.33. The molecule has 0 bridgehead atoms. The summed E-state index contributed by atoms with van der Waals surface area (Å²) in [7, 11) is 0. The second-order valence-corrected chi connectivity index (χ2v) is 5.06. The van der Waals surface area contributed by atoms with Gasteiger partial charge in [0.25, 0.3) is 0 Å². The lowest BCUT2D eigenvalue weighted by molar-refractivity contribution is -0.0130. The highest BCUT2D eigenvalue weighted by Crippen LogP contribution is 2.34. The van der Waals surface area contributed by atoms with E-state index >= 15 is 0 Å². The van der Waals surface area contributed by atoms with Crippen LogP contribution in [0.2, 0.25) is 0 Å². The van der Waals surface area contributed by atoms with Gasteiger partial charge in [-0.15, -0.1) is 0 Å². The average Bonchev–Trinajstić information content (AvgIpc) is 2.55. The van der Waals surface area contributed by atoms with Crippen LogP contribution in [-0.2, 0) is 6.42 Å². The van der Waals surface area contributed by atoms with Gasteiger partial charge in [-0.2, -0.15) is 8.75 Å². The molecule has 1 N–H and O–H groups in total. The molecule has 1 aromatic heterocycles. The molecule has 0 aromatic carbocycles. The largest absolute Gasteiger partial charge is 0.389 e. The van der Waals surface area contributed by atoms with Crippen molar-refractivity contribution in [3.8, 4) is 0 Å². The van der Waals surface area contributed by atoms with Crippen LogP contribution >= 0.6 is 11.7 Å². The zero-order valence-corrected chi connectivity index (χ0v) is 9.26. The summed E-state index contributed by atoms with van der Waals surface area (Å²) in [5.41, 5.74) is 0.416. The fourth-order valence-electron chi connectivity index (χ4n) is 2.39. The third-order valence-electron chi connectivity index (χ3n) is 2.98. The van der Waals surface area contributed by atoms with E-state index in [9.17, 15) is 5.11 Å². The maximum absolute atomic E-state index is 10.4. The Morgan fingerprint density at radius 1 is 1.71 bits per heavy atom. The van der Waals surface area contributed by atoms with Crippen LogP contribution in [0.3, 0.4) is 0 Å². The molecule has 1 saturated carbocycles. The third-order valence-corrected chi connectivity index (χ3v) is 3.50. The number of hydrogen-bond donors (Lipinski definition) is 1. The molecule has 4 heteroatoms. The summed E-state index contributed by atoms with van der Waals surface area (Å²) in [6.07, 6.45) is 6.64. The van der Waals surface area contributed by atoms with Crippen molar-refractivity contribution in [3.63, 3.8) is 0 Å². The van der Waals surface area contributed by atoms with Crippen LogP contribution in [0, 0.1) is 5.92 Å². The van der Waals surface area contributed by atoms with E-state index in [1.165, 1.54) is 18.1 Å². The molecule has 78 valence electrons. The number of aromatic nitrogens is 2. The molecule has 1 aliphatic rings. The molecule has 14 heavy (non-hydrogen) atoms. The van der Waals surface area contributed by atoms with Gasteiger partial charge in [-0.25, -0.2) is 0 Å². The number of aliphatic hydroxyl groups is 1. The molecule has 0 amide bonds. The lowest BCUT2D eigenvalue weighted by atomic mass is 9.77. The maximum Gasteiger partial charge on any atom is 0.0771 e. The molecule has 2 unspecified atom stereocenters. The van der Waals surface area contributed by atoms with Crippen molar-refractivity contribution < 1.29 is 5.11 Å². The quantitative estimate of drug-likeness (QED) is 0.815. The van der Waals surface area contributed by atoms with Crippen molar-refractivity contribution in [1.29, 1.82) is 0 Å². The minimum absolute atomic E-state index is 0.520. The van der Waals surface area contributed by atoms with E-state index in [0.717, 1.165) is 25.0 Å². The Kier molecular flexibility index (Phi) is 2.83. The highest BCUT2D eigenvalue weighted by molar-refractivity contribution is 6.99. The van der Waals surface area contributed by atoms with Crippen molar-refractivity contribution in [3.05, 3.63) is 11.9 Å². The van der Waals surface area contributed by atoms with Crippen molar-refractivity contribution in [2.45, 2.75) is 44.6 Å². The lowest BCUT2D eigenvalue weighted by Crippen LogP contribution is -2.36. The third kappa shape index (κ3) is 2.30. The Balaban J connectivity index is 2.01. The summed E-state index contributed by atoms with van der Waals surface area (Å²) in [5, 5.41) is 10.4. The molecule has 1 heterocycles. The topological polar surface area (TPSA) is 46.0 Å². The second-order valence-electron chi connectivity index (χ2n) is 4.50. The molecular formula is C10H16N2OS. The Morgan fingerprint density at radius 3 is 3.21 bits per heavy atom. The predicted molar refractivity (Wildman–Crippen MR) is 56.2 cm³/mol. The van der Waals surface area contributed by atoms with Crippen molar-refractivity contribution in [2.24, 2.45) is 5.92 Å². The van der Waals surface area contributed by atoms with Crippen molar-refractivity contribution in [2.75, 3.05) is 0 Å².